The molecule has 2 aliphatic rings. The summed E-state index contributed by atoms with van der Waals surface area (Å²) < 4.78 is 10.8. The van der Waals surface area contributed by atoms with Gasteiger partial charge < -0.3 is 9.47 Å². The van der Waals surface area contributed by atoms with Crippen LogP contribution in [0.5, 0.6) is 11.5 Å². The summed E-state index contributed by atoms with van der Waals surface area (Å²) in [7, 11) is 3.16. The van der Waals surface area contributed by atoms with Gasteiger partial charge in [-0.2, -0.15) is 0 Å². The number of carbonyl (C=O) groups excluding carboxylic acids is 2. The van der Waals surface area contributed by atoms with E-state index in [1.54, 1.807) is 31.3 Å². The van der Waals surface area contributed by atoms with Crippen molar-refractivity contribution in [3.05, 3.63) is 64.3 Å². The molecule has 31 heavy (non-hydrogen) atoms. The van der Waals surface area contributed by atoms with Gasteiger partial charge in [-0.05, 0) is 53.8 Å². The minimum absolute atomic E-state index is 0.0358. The van der Waals surface area contributed by atoms with E-state index in [2.05, 4.69) is 13.8 Å². The SMILES string of the molecule is COc1ccc(C2CC(=O)N(c3ccc(Cl)cc3)C3=C2C(=O)CC(C)(C)C3)cc1OC. The van der Waals surface area contributed by atoms with Gasteiger partial charge in [0.15, 0.2) is 17.3 Å². The highest BCUT2D eigenvalue weighted by Gasteiger charge is 2.44. The first kappa shape index (κ1) is 21.4. The lowest BCUT2D eigenvalue weighted by molar-refractivity contribution is -0.121. The summed E-state index contributed by atoms with van der Waals surface area (Å²) in [6.07, 6.45) is 1.31. The summed E-state index contributed by atoms with van der Waals surface area (Å²) >= 11 is 6.06. The Kier molecular flexibility index (Phi) is 5.56. The van der Waals surface area contributed by atoms with Gasteiger partial charge in [0.2, 0.25) is 5.91 Å². The Bertz CT molecular complexity index is 1070. The molecule has 5 nitrogen and oxygen atoms in total. The number of benzene rings is 2. The quantitative estimate of drug-likeness (QED) is 0.629. The monoisotopic (exact) mass is 439 g/mol. The van der Waals surface area contributed by atoms with Crippen LogP contribution in [0.1, 0.15) is 44.6 Å². The van der Waals surface area contributed by atoms with Crippen LogP contribution >= 0.6 is 11.6 Å². The zero-order chi connectivity index (χ0) is 22.3. The van der Waals surface area contributed by atoms with Crippen LogP contribution in [-0.2, 0) is 9.59 Å². The van der Waals surface area contributed by atoms with Gasteiger partial charge in [-0.1, -0.05) is 31.5 Å². The van der Waals surface area contributed by atoms with Gasteiger partial charge in [0.05, 0.1) is 14.2 Å². The van der Waals surface area contributed by atoms with Crippen molar-refractivity contribution in [1.29, 1.82) is 0 Å². The summed E-state index contributed by atoms with van der Waals surface area (Å²) in [6.45, 7) is 4.14. The molecular weight excluding hydrogens is 414 g/mol. The molecule has 1 heterocycles. The van der Waals surface area contributed by atoms with Gasteiger partial charge in [0.1, 0.15) is 0 Å². The average molecular weight is 440 g/mol. The number of ether oxygens (including phenoxy) is 2. The highest BCUT2D eigenvalue weighted by Crippen LogP contribution is 2.49. The molecule has 4 rings (SSSR count). The highest BCUT2D eigenvalue weighted by atomic mass is 35.5. The van der Waals surface area contributed by atoms with Crippen LogP contribution in [0, 0.1) is 5.41 Å². The second-order valence-electron chi connectivity index (χ2n) is 8.88. The third-order valence-electron chi connectivity index (χ3n) is 6.04. The predicted octanol–water partition coefficient (Wildman–Crippen LogP) is 5.52. The molecule has 1 aliphatic carbocycles. The number of ketones is 1. The van der Waals surface area contributed by atoms with Crippen molar-refractivity contribution < 1.29 is 19.1 Å². The third-order valence-corrected chi connectivity index (χ3v) is 6.29. The molecule has 1 amide bonds. The van der Waals surface area contributed by atoms with Gasteiger partial charge >= 0.3 is 0 Å². The van der Waals surface area contributed by atoms with Crippen molar-refractivity contribution >= 4 is 29.0 Å². The van der Waals surface area contributed by atoms with Crippen molar-refractivity contribution in [2.24, 2.45) is 5.41 Å². The Balaban J connectivity index is 1.88. The lowest BCUT2D eigenvalue weighted by Gasteiger charge is -2.43. The molecule has 0 saturated carbocycles. The average Bonchev–Trinajstić information content (AvgIpc) is 2.72. The topological polar surface area (TPSA) is 55.8 Å². The summed E-state index contributed by atoms with van der Waals surface area (Å²) in [5.74, 6) is 0.943. The number of amides is 1. The fourth-order valence-electron chi connectivity index (χ4n) is 4.66. The minimum Gasteiger partial charge on any atom is -0.493 e. The van der Waals surface area contributed by atoms with Crippen molar-refractivity contribution in [3.8, 4) is 11.5 Å². The van der Waals surface area contributed by atoms with Crippen LogP contribution < -0.4 is 14.4 Å². The third kappa shape index (κ3) is 3.94. The number of halogens is 1. The number of allylic oxidation sites excluding steroid dienone is 2. The molecule has 0 saturated heterocycles. The lowest BCUT2D eigenvalue weighted by atomic mass is 9.69. The zero-order valence-electron chi connectivity index (χ0n) is 18.2. The Labute approximate surface area is 187 Å². The molecule has 1 aliphatic heterocycles. The fourth-order valence-corrected chi connectivity index (χ4v) is 4.79. The Morgan fingerprint density at radius 2 is 1.65 bits per heavy atom. The maximum atomic E-state index is 13.4. The van der Waals surface area contributed by atoms with Crippen molar-refractivity contribution in [2.75, 3.05) is 19.1 Å². The van der Waals surface area contributed by atoms with Crippen molar-refractivity contribution in [1.82, 2.24) is 0 Å². The summed E-state index contributed by atoms with van der Waals surface area (Å²) in [4.78, 5) is 28.5. The smallest absolute Gasteiger partial charge is 0.232 e. The molecule has 0 N–H and O–H groups in total. The van der Waals surface area contributed by atoms with Crippen LogP contribution in [-0.4, -0.2) is 25.9 Å². The molecule has 0 spiro atoms. The normalized spacial score (nSPS) is 20.5. The Hall–Kier alpha value is -2.79. The largest absolute Gasteiger partial charge is 0.493 e. The van der Waals surface area contributed by atoms with Gasteiger partial charge in [-0.3, -0.25) is 14.5 Å². The lowest BCUT2D eigenvalue weighted by Crippen LogP contribution is -2.43. The Morgan fingerprint density at radius 3 is 2.29 bits per heavy atom. The number of methoxy groups -OCH3 is 2. The molecule has 6 heteroatoms. The van der Waals surface area contributed by atoms with Crippen molar-refractivity contribution in [3.63, 3.8) is 0 Å². The van der Waals surface area contributed by atoms with Gasteiger partial charge in [0, 0.05) is 40.7 Å². The van der Waals surface area contributed by atoms with E-state index in [1.807, 2.05) is 30.3 Å². The van der Waals surface area contributed by atoms with E-state index in [9.17, 15) is 9.59 Å². The molecule has 0 aromatic heterocycles. The number of nitrogens with zero attached hydrogens (tertiary/aromatic N) is 1. The van der Waals surface area contributed by atoms with Gasteiger partial charge in [-0.15, -0.1) is 0 Å². The number of Topliss-reactive ketones (excluding diaryl/α,β-unsaturated/α-hetero) is 1. The van der Waals surface area contributed by atoms with Gasteiger partial charge in [0.25, 0.3) is 0 Å². The Morgan fingerprint density at radius 1 is 0.968 bits per heavy atom. The van der Waals surface area contributed by atoms with Crippen LogP contribution in [0.2, 0.25) is 5.02 Å². The molecule has 2 aromatic carbocycles. The molecule has 162 valence electrons. The standard InChI is InChI=1S/C25H26ClNO4/c1-25(2)13-19-24(20(28)14-25)18(15-5-10-21(30-3)22(11-15)31-4)12-23(29)27(19)17-8-6-16(26)7-9-17/h5-11,18H,12-14H2,1-4H3. The van der Waals surface area contributed by atoms with Crippen LogP contribution in [0.25, 0.3) is 0 Å². The van der Waals surface area contributed by atoms with E-state index < -0.39 is 0 Å². The molecule has 0 fully saturated rings. The predicted molar refractivity (Wildman–Crippen MR) is 121 cm³/mol. The van der Waals surface area contributed by atoms with Crippen LogP contribution in [0.4, 0.5) is 5.69 Å². The summed E-state index contributed by atoms with van der Waals surface area (Å²) in [5.41, 5.74) is 2.90. The van der Waals surface area contributed by atoms with E-state index in [4.69, 9.17) is 21.1 Å². The first-order valence-electron chi connectivity index (χ1n) is 10.3. The first-order valence-corrected chi connectivity index (χ1v) is 10.7. The second-order valence-corrected chi connectivity index (χ2v) is 9.31. The molecular formula is C25H26ClNO4. The highest BCUT2D eigenvalue weighted by molar-refractivity contribution is 6.30. The molecule has 1 unspecified atom stereocenters. The summed E-state index contributed by atoms with van der Waals surface area (Å²) in [6, 6.07) is 12.8. The summed E-state index contributed by atoms with van der Waals surface area (Å²) in [5, 5.41) is 0.602. The van der Waals surface area contributed by atoms with E-state index >= 15 is 0 Å². The van der Waals surface area contributed by atoms with E-state index in [0.29, 0.717) is 29.4 Å². The van der Waals surface area contributed by atoms with Crippen molar-refractivity contribution in [2.45, 2.75) is 39.0 Å². The van der Waals surface area contributed by atoms with E-state index in [1.165, 1.54) is 0 Å². The minimum atomic E-state index is -0.311. The molecule has 2 aromatic rings. The number of carbonyl (C=O) groups is 2. The van der Waals surface area contributed by atoms with Crippen LogP contribution in [0.15, 0.2) is 53.7 Å². The number of anilines is 1. The maximum Gasteiger partial charge on any atom is 0.232 e. The number of hydrogen-bond donors (Lipinski definition) is 0. The maximum absolute atomic E-state index is 13.4. The molecule has 0 radical (unpaired) electrons. The number of rotatable bonds is 4. The first-order chi connectivity index (χ1) is 14.7. The second kappa shape index (κ2) is 8.04. The van der Waals surface area contributed by atoms with E-state index in [-0.39, 0.29) is 29.4 Å². The van der Waals surface area contributed by atoms with E-state index in [0.717, 1.165) is 22.5 Å². The molecule has 0 bridgehead atoms. The van der Waals surface area contributed by atoms with Gasteiger partial charge in [-0.25, -0.2) is 0 Å². The zero-order valence-corrected chi connectivity index (χ0v) is 19.0. The number of hydrogen-bond acceptors (Lipinski definition) is 4. The van der Waals surface area contributed by atoms with Crippen LogP contribution in [0.3, 0.4) is 0 Å². The molecule has 1 atom stereocenters. The fraction of sp³-hybridized carbons (Fsp3) is 0.360.